The molecule has 4 amide bonds. The highest BCUT2D eigenvalue weighted by atomic mass is 16.5. The number of benzene rings is 2. The summed E-state index contributed by atoms with van der Waals surface area (Å²) in [5.74, 6) is 2.44. The lowest BCUT2D eigenvalue weighted by Gasteiger charge is -2.30. The van der Waals surface area contributed by atoms with Crippen LogP contribution in [-0.2, 0) is 43.2 Å². The number of nitrogens with one attached hydrogen (secondary N) is 4. The number of H-pyrrole nitrogens is 2. The van der Waals surface area contributed by atoms with Crippen molar-refractivity contribution < 1.29 is 38.1 Å². The van der Waals surface area contributed by atoms with Crippen LogP contribution in [0.1, 0.15) is 120 Å². The second kappa shape index (κ2) is 19.7. The minimum absolute atomic E-state index is 0.118. The van der Waals surface area contributed by atoms with Crippen LogP contribution in [0.2, 0.25) is 0 Å². The molecule has 5 heterocycles. The molecule has 9 rings (SSSR count). The largest absolute Gasteiger partial charge is 0.488 e. The Kier molecular flexibility index (Phi) is 13.6. The normalized spacial score (nSPS) is 20.9. The number of hydrogen-bond donors (Lipinski definition) is 4. The summed E-state index contributed by atoms with van der Waals surface area (Å²) in [4.78, 5) is 73.5. The number of rotatable bonds is 13. The number of likely N-dealkylation sites (tertiary alicyclic amines) is 2. The van der Waals surface area contributed by atoms with E-state index in [2.05, 4.69) is 50.9 Å². The Balaban J connectivity index is 0.934. The number of hydrogen-bond acceptors (Lipinski definition) is 10. The van der Waals surface area contributed by atoms with E-state index in [1.807, 2.05) is 43.7 Å². The van der Waals surface area contributed by atoms with Crippen molar-refractivity contribution in [3.63, 3.8) is 0 Å². The molecule has 2 aromatic heterocycles. The number of carbonyl (C=O) groups excluding carboxylic acids is 4. The number of aromatic nitrogens is 4. The molecule has 3 aliphatic heterocycles. The lowest BCUT2D eigenvalue weighted by molar-refractivity contribution is -0.136. The van der Waals surface area contributed by atoms with Crippen molar-refractivity contribution >= 4 is 24.0 Å². The zero-order valence-electron chi connectivity index (χ0n) is 39.7. The van der Waals surface area contributed by atoms with E-state index in [1.54, 1.807) is 0 Å². The third-order valence-corrected chi connectivity index (χ3v) is 14.6. The standard InChI is InChI=1S/C51H66N8O8/c1-28(2)43(56-50(62)64-5)48(60)58-18-10-13-40(58)46-52-23-39(54-46)33-14-16-35-34(20-33)27-67-42-22-36-32(21-37(35)42)15-17-38-45(36)55-47(53-38)41-19-31(26-66-25-30-11-8-7-9-12-30)24-59(41)49(61)44(29(3)4)57-51(63)65-6/h14,16,20-23,28-31,40-41,43-44H,7-13,15,17-19,24-27H2,1-6H3,(H,52,54)(H,53,55)(H,56,62)(H,57,63)/t31-,40+,41+,43+,44+/m1/s1. The molecule has 16 heteroatoms. The summed E-state index contributed by atoms with van der Waals surface area (Å²) in [6.07, 6.45) is 10.8. The predicted molar refractivity (Wildman–Crippen MR) is 251 cm³/mol. The zero-order valence-corrected chi connectivity index (χ0v) is 39.7. The van der Waals surface area contributed by atoms with E-state index in [0.717, 1.165) is 94.6 Å². The van der Waals surface area contributed by atoms with Gasteiger partial charge in [0.05, 0.1) is 50.5 Å². The molecule has 358 valence electrons. The average Bonchev–Trinajstić information content (AvgIpc) is 4.18. The quantitative estimate of drug-likeness (QED) is 0.102. The van der Waals surface area contributed by atoms with E-state index in [0.29, 0.717) is 38.6 Å². The molecule has 2 saturated heterocycles. The van der Waals surface area contributed by atoms with Gasteiger partial charge in [-0.25, -0.2) is 19.6 Å². The van der Waals surface area contributed by atoms with Gasteiger partial charge in [-0.15, -0.1) is 0 Å². The number of ether oxygens (including phenoxy) is 4. The Hall–Kier alpha value is -5.90. The van der Waals surface area contributed by atoms with Gasteiger partial charge in [0.15, 0.2) is 0 Å². The summed E-state index contributed by atoms with van der Waals surface area (Å²) in [6, 6.07) is 8.78. The van der Waals surface area contributed by atoms with Crippen molar-refractivity contribution in [2.45, 2.75) is 123 Å². The highest BCUT2D eigenvalue weighted by Gasteiger charge is 2.43. The Morgan fingerprint density at radius 3 is 2.19 bits per heavy atom. The fourth-order valence-corrected chi connectivity index (χ4v) is 11.0. The summed E-state index contributed by atoms with van der Waals surface area (Å²) >= 11 is 0. The topological polar surface area (TPSA) is 193 Å². The molecule has 0 spiro atoms. The molecular weight excluding hydrogens is 853 g/mol. The second-order valence-corrected chi connectivity index (χ2v) is 19.9. The van der Waals surface area contributed by atoms with E-state index >= 15 is 0 Å². The molecule has 0 bridgehead atoms. The first-order valence-corrected chi connectivity index (χ1v) is 24.4. The molecule has 2 aliphatic carbocycles. The van der Waals surface area contributed by atoms with Crippen LogP contribution in [-0.4, -0.2) is 106 Å². The minimum Gasteiger partial charge on any atom is -0.488 e. The van der Waals surface area contributed by atoms with Crippen molar-refractivity contribution in [1.29, 1.82) is 0 Å². The summed E-state index contributed by atoms with van der Waals surface area (Å²) in [6.45, 7) is 10.5. The summed E-state index contributed by atoms with van der Waals surface area (Å²) < 4.78 is 22.6. The van der Waals surface area contributed by atoms with Gasteiger partial charge in [0.1, 0.15) is 36.1 Å². The monoisotopic (exact) mass is 919 g/mol. The molecule has 3 fully saturated rings. The number of imidazole rings is 2. The van der Waals surface area contributed by atoms with Crippen LogP contribution < -0.4 is 15.4 Å². The smallest absolute Gasteiger partial charge is 0.407 e. The third-order valence-electron chi connectivity index (χ3n) is 14.6. The number of nitrogens with zero attached hydrogens (tertiary/aromatic N) is 4. The maximum Gasteiger partial charge on any atom is 0.407 e. The number of aryl methyl sites for hydroxylation is 2. The highest BCUT2D eigenvalue weighted by molar-refractivity contribution is 5.88. The lowest BCUT2D eigenvalue weighted by Crippen LogP contribution is -2.51. The molecule has 2 aromatic carbocycles. The number of methoxy groups -OCH3 is 2. The Bertz CT molecular complexity index is 2470. The van der Waals surface area contributed by atoms with Crippen LogP contribution in [0.15, 0.2) is 36.5 Å². The number of fused-ring (bicyclic) bond motifs is 6. The molecule has 0 radical (unpaired) electrons. The van der Waals surface area contributed by atoms with Crippen LogP contribution in [0.4, 0.5) is 9.59 Å². The van der Waals surface area contributed by atoms with Crippen LogP contribution in [0.25, 0.3) is 33.6 Å². The zero-order chi connectivity index (χ0) is 46.9. The van der Waals surface area contributed by atoms with Crippen molar-refractivity contribution in [3.05, 3.63) is 65.0 Å². The van der Waals surface area contributed by atoms with Gasteiger partial charge in [-0.1, -0.05) is 59.1 Å². The van der Waals surface area contributed by atoms with Crippen molar-refractivity contribution in [3.8, 4) is 39.4 Å². The second-order valence-electron chi connectivity index (χ2n) is 19.9. The van der Waals surface area contributed by atoms with Gasteiger partial charge in [0.25, 0.3) is 0 Å². The lowest BCUT2D eigenvalue weighted by atomic mass is 9.86. The molecule has 0 unspecified atom stereocenters. The minimum atomic E-state index is -0.747. The van der Waals surface area contributed by atoms with E-state index in [1.165, 1.54) is 51.9 Å². The van der Waals surface area contributed by atoms with Gasteiger partial charge in [-0.3, -0.25) is 9.59 Å². The highest BCUT2D eigenvalue weighted by Crippen LogP contribution is 2.46. The van der Waals surface area contributed by atoms with Gasteiger partial charge < -0.3 is 49.3 Å². The van der Waals surface area contributed by atoms with Gasteiger partial charge in [0, 0.05) is 42.4 Å². The molecule has 4 aromatic rings. The number of amides is 4. The SMILES string of the molecule is COC(=O)N[C@H](C(=O)N1CCC[C@H]1c1ncc(-c2ccc3c(c2)COc2cc4c(cc2-3)CCc2[nH]c([C@@H]3C[C@@H](COCC5CCCCC5)CN3C(=O)[C@@H](NC(=O)OC)C(C)C)nc2-4)[nH]1)C(C)C. The van der Waals surface area contributed by atoms with Crippen molar-refractivity contribution in [2.75, 3.05) is 40.5 Å². The van der Waals surface area contributed by atoms with Crippen LogP contribution >= 0.6 is 0 Å². The number of alkyl carbamates (subject to hydrolysis) is 2. The van der Waals surface area contributed by atoms with Gasteiger partial charge in [0.2, 0.25) is 11.8 Å². The predicted octanol–water partition coefficient (Wildman–Crippen LogP) is 8.04. The average molecular weight is 919 g/mol. The van der Waals surface area contributed by atoms with E-state index in [4.69, 9.17) is 28.9 Å². The van der Waals surface area contributed by atoms with E-state index in [-0.39, 0.29) is 41.7 Å². The molecular formula is C51H66N8O8. The Morgan fingerprint density at radius 2 is 1.48 bits per heavy atom. The van der Waals surface area contributed by atoms with Gasteiger partial charge >= 0.3 is 12.2 Å². The number of aromatic amines is 2. The molecule has 16 nitrogen and oxygen atoms in total. The van der Waals surface area contributed by atoms with E-state index < -0.39 is 24.3 Å². The maximum atomic E-state index is 14.4. The molecule has 4 N–H and O–H groups in total. The first-order valence-electron chi connectivity index (χ1n) is 24.4. The summed E-state index contributed by atoms with van der Waals surface area (Å²) in [5.41, 5.74) is 9.19. The summed E-state index contributed by atoms with van der Waals surface area (Å²) in [7, 11) is 2.61. The molecule has 5 atom stereocenters. The molecule has 1 saturated carbocycles. The van der Waals surface area contributed by atoms with Gasteiger partial charge in [-0.2, -0.15) is 0 Å². The van der Waals surface area contributed by atoms with Crippen molar-refractivity contribution in [1.82, 2.24) is 40.4 Å². The molecule has 67 heavy (non-hydrogen) atoms. The first-order chi connectivity index (χ1) is 32.4. The van der Waals surface area contributed by atoms with Gasteiger partial charge in [-0.05, 0) is 103 Å². The Labute approximate surface area is 392 Å². The summed E-state index contributed by atoms with van der Waals surface area (Å²) in [5, 5.41) is 5.51. The van der Waals surface area contributed by atoms with Crippen LogP contribution in [0.3, 0.4) is 0 Å². The van der Waals surface area contributed by atoms with Crippen molar-refractivity contribution in [2.24, 2.45) is 23.7 Å². The molecule has 5 aliphatic rings. The third kappa shape index (κ3) is 9.50. The first kappa shape index (κ1) is 46.2. The van der Waals surface area contributed by atoms with Crippen LogP contribution in [0, 0.1) is 23.7 Å². The van der Waals surface area contributed by atoms with E-state index in [9.17, 15) is 19.2 Å². The fourth-order valence-electron chi connectivity index (χ4n) is 11.0. The fraction of sp³-hybridized carbons (Fsp3) is 0.569. The Morgan fingerprint density at radius 1 is 0.761 bits per heavy atom. The number of carbonyl (C=O) groups is 4. The maximum absolute atomic E-state index is 14.4. The van der Waals surface area contributed by atoms with Crippen LogP contribution in [0.5, 0.6) is 5.75 Å².